The third-order valence-corrected chi connectivity index (χ3v) is 3.84. The Hall–Kier alpha value is -2.24. The highest BCUT2D eigenvalue weighted by Crippen LogP contribution is 2.25. The second kappa shape index (κ2) is 7.85. The van der Waals surface area contributed by atoms with Gasteiger partial charge in [0, 0.05) is 12.1 Å². The van der Waals surface area contributed by atoms with E-state index < -0.39 is 18.0 Å². The molecule has 2 rings (SSSR count). The van der Waals surface area contributed by atoms with Gasteiger partial charge >= 0.3 is 6.03 Å². The van der Waals surface area contributed by atoms with Crippen LogP contribution in [0.25, 0.3) is 0 Å². The van der Waals surface area contributed by atoms with E-state index in [4.69, 9.17) is 28.9 Å². The summed E-state index contributed by atoms with van der Waals surface area (Å²) in [6.45, 7) is 0. The van der Waals surface area contributed by atoms with Crippen LogP contribution in [0, 0.1) is 0 Å². The molecule has 0 aliphatic rings. The largest absolute Gasteiger partial charge is 0.352 e. The van der Waals surface area contributed by atoms with Crippen LogP contribution in [0.4, 0.5) is 10.5 Å². The number of hydrogen-bond acceptors (Lipinski definition) is 2. The van der Waals surface area contributed by atoms with E-state index in [2.05, 4.69) is 10.6 Å². The number of nitrogens with two attached hydrogens (primary N) is 1. The minimum absolute atomic E-state index is 0.316. The molecule has 0 saturated heterocycles. The second-order valence-electron chi connectivity index (χ2n) is 4.87. The monoisotopic (exact) mass is 351 g/mol. The minimum Gasteiger partial charge on any atom is -0.352 e. The van der Waals surface area contributed by atoms with Gasteiger partial charge in [-0.05, 0) is 23.8 Å². The maximum absolute atomic E-state index is 12.4. The molecule has 1 atom stereocenters. The Morgan fingerprint density at radius 3 is 2.35 bits per heavy atom. The highest BCUT2D eigenvalue weighted by molar-refractivity contribution is 6.42. The van der Waals surface area contributed by atoms with Gasteiger partial charge in [0.1, 0.15) is 6.04 Å². The smallest absolute Gasteiger partial charge is 0.312 e. The molecule has 0 saturated carbocycles. The van der Waals surface area contributed by atoms with Gasteiger partial charge in [-0.15, -0.1) is 0 Å². The average Bonchev–Trinajstić information content (AvgIpc) is 2.51. The van der Waals surface area contributed by atoms with Crippen LogP contribution >= 0.6 is 23.2 Å². The lowest BCUT2D eigenvalue weighted by Gasteiger charge is -2.17. The molecule has 0 spiro atoms. The summed E-state index contributed by atoms with van der Waals surface area (Å²) in [7, 11) is 0. The molecular weight excluding hydrogens is 337 g/mol. The molecule has 0 radical (unpaired) electrons. The van der Waals surface area contributed by atoms with E-state index in [0.29, 0.717) is 22.2 Å². The number of benzene rings is 2. The first-order valence-corrected chi connectivity index (χ1v) is 7.57. The van der Waals surface area contributed by atoms with Gasteiger partial charge in [-0.2, -0.15) is 0 Å². The Morgan fingerprint density at radius 1 is 1.04 bits per heavy atom. The molecule has 1 unspecified atom stereocenters. The van der Waals surface area contributed by atoms with Gasteiger partial charge in [-0.1, -0.05) is 53.5 Å². The predicted octanol–water partition coefficient (Wildman–Crippen LogP) is 3.21. The van der Waals surface area contributed by atoms with Gasteiger partial charge in [0.2, 0.25) is 5.91 Å². The molecule has 23 heavy (non-hydrogen) atoms. The van der Waals surface area contributed by atoms with E-state index in [1.165, 1.54) is 6.07 Å². The zero-order chi connectivity index (χ0) is 16.8. The second-order valence-corrected chi connectivity index (χ2v) is 5.68. The molecule has 2 aromatic rings. The third-order valence-electron chi connectivity index (χ3n) is 3.10. The molecule has 0 aromatic heterocycles. The number of rotatable bonds is 5. The van der Waals surface area contributed by atoms with Crippen LogP contribution in [-0.2, 0) is 11.2 Å². The summed E-state index contributed by atoms with van der Waals surface area (Å²) < 4.78 is 0. The molecule has 4 N–H and O–H groups in total. The molecule has 0 aliphatic heterocycles. The van der Waals surface area contributed by atoms with Crippen molar-refractivity contribution in [1.29, 1.82) is 0 Å². The van der Waals surface area contributed by atoms with E-state index >= 15 is 0 Å². The Labute approximate surface area is 143 Å². The predicted molar refractivity (Wildman–Crippen MR) is 91.7 cm³/mol. The summed E-state index contributed by atoms with van der Waals surface area (Å²) in [5, 5.41) is 5.84. The maximum atomic E-state index is 12.4. The summed E-state index contributed by atoms with van der Waals surface area (Å²) in [5.41, 5.74) is 6.53. The van der Waals surface area contributed by atoms with Crippen LogP contribution in [0.2, 0.25) is 10.0 Å². The van der Waals surface area contributed by atoms with Crippen molar-refractivity contribution in [3.05, 3.63) is 64.1 Å². The summed E-state index contributed by atoms with van der Waals surface area (Å²) in [5.74, 6) is -0.397. The molecule has 0 heterocycles. The zero-order valence-corrected chi connectivity index (χ0v) is 13.6. The standard InChI is InChI=1S/C16H15Cl2N3O2/c17-12-7-6-11(9-13(12)18)20-15(22)14(21-16(19)23)8-10-4-2-1-3-5-10/h1-7,9,14H,8H2,(H,20,22)(H3,19,21,23). The molecule has 0 bridgehead atoms. The Balaban J connectivity index is 2.12. The van der Waals surface area contributed by atoms with Crippen molar-refractivity contribution >= 4 is 40.8 Å². The van der Waals surface area contributed by atoms with E-state index in [1.807, 2.05) is 30.3 Å². The number of anilines is 1. The molecule has 0 aliphatic carbocycles. The van der Waals surface area contributed by atoms with E-state index in [9.17, 15) is 9.59 Å². The number of carbonyl (C=O) groups excluding carboxylic acids is 2. The van der Waals surface area contributed by atoms with Crippen LogP contribution in [0.15, 0.2) is 48.5 Å². The summed E-state index contributed by atoms with van der Waals surface area (Å²) in [6, 6.07) is 12.5. The van der Waals surface area contributed by atoms with Crippen LogP contribution in [0.3, 0.4) is 0 Å². The van der Waals surface area contributed by atoms with Crippen molar-refractivity contribution in [3.63, 3.8) is 0 Å². The summed E-state index contributed by atoms with van der Waals surface area (Å²) >= 11 is 11.8. The normalized spacial score (nSPS) is 11.6. The number of nitrogens with one attached hydrogen (secondary N) is 2. The van der Waals surface area contributed by atoms with Crippen LogP contribution in [0.5, 0.6) is 0 Å². The van der Waals surface area contributed by atoms with Crippen molar-refractivity contribution in [2.75, 3.05) is 5.32 Å². The number of halogens is 2. The van der Waals surface area contributed by atoms with Crippen LogP contribution in [-0.4, -0.2) is 18.0 Å². The van der Waals surface area contributed by atoms with Gasteiger partial charge < -0.3 is 16.4 Å². The molecular formula is C16H15Cl2N3O2. The van der Waals surface area contributed by atoms with Crippen molar-refractivity contribution in [2.45, 2.75) is 12.5 Å². The van der Waals surface area contributed by atoms with Gasteiger partial charge in [-0.3, -0.25) is 4.79 Å². The van der Waals surface area contributed by atoms with Crippen molar-refractivity contribution in [3.8, 4) is 0 Å². The molecule has 5 nitrogen and oxygen atoms in total. The fourth-order valence-electron chi connectivity index (χ4n) is 2.03. The van der Waals surface area contributed by atoms with Crippen molar-refractivity contribution in [1.82, 2.24) is 5.32 Å². The molecule has 120 valence electrons. The third kappa shape index (κ3) is 5.16. The van der Waals surface area contributed by atoms with Gasteiger partial charge in [0.15, 0.2) is 0 Å². The summed E-state index contributed by atoms with van der Waals surface area (Å²) in [4.78, 5) is 23.5. The molecule has 0 fully saturated rings. The first-order chi connectivity index (χ1) is 11.0. The summed E-state index contributed by atoms with van der Waals surface area (Å²) in [6.07, 6.45) is 0.316. The quantitative estimate of drug-likeness (QED) is 0.772. The lowest BCUT2D eigenvalue weighted by molar-refractivity contribution is -0.117. The highest BCUT2D eigenvalue weighted by atomic mass is 35.5. The Morgan fingerprint density at radius 2 is 1.74 bits per heavy atom. The first-order valence-electron chi connectivity index (χ1n) is 6.81. The van der Waals surface area contributed by atoms with Crippen molar-refractivity contribution in [2.24, 2.45) is 5.73 Å². The van der Waals surface area contributed by atoms with Gasteiger partial charge in [0.25, 0.3) is 0 Å². The minimum atomic E-state index is -0.802. The van der Waals surface area contributed by atoms with Gasteiger partial charge in [0.05, 0.1) is 10.0 Å². The SMILES string of the molecule is NC(=O)NC(Cc1ccccc1)C(=O)Nc1ccc(Cl)c(Cl)c1. The number of primary amides is 1. The fraction of sp³-hybridized carbons (Fsp3) is 0.125. The lowest BCUT2D eigenvalue weighted by atomic mass is 10.1. The van der Waals surface area contributed by atoms with E-state index in [0.717, 1.165) is 5.56 Å². The zero-order valence-electron chi connectivity index (χ0n) is 12.1. The maximum Gasteiger partial charge on any atom is 0.312 e. The Bertz CT molecular complexity index is 708. The van der Waals surface area contributed by atoms with Crippen LogP contribution < -0.4 is 16.4 Å². The number of carbonyl (C=O) groups is 2. The number of amides is 3. The lowest BCUT2D eigenvalue weighted by Crippen LogP contribution is -2.47. The number of urea groups is 1. The first kappa shape index (κ1) is 17.1. The van der Waals surface area contributed by atoms with E-state index in [1.54, 1.807) is 12.1 Å². The molecule has 2 aromatic carbocycles. The van der Waals surface area contributed by atoms with Gasteiger partial charge in [-0.25, -0.2) is 4.79 Å². The van der Waals surface area contributed by atoms with Crippen LogP contribution in [0.1, 0.15) is 5.56 Å². The topological polar surface area (TPSA) is 84.2 Å². The highest BCUT2D eigenvalue weighted by Gasteiger charge is 2.20. The molecule has 7 heteroatoms. The Kier molecular flexibility index (Phi) is 5.84. The molecule has 3 amide bonds. The average molecular weight is 352 g/mol. The number of hydrogen-bond donors (Lipinski definition) is 3. The van der Waals surface area contributed by atoms with E-state index in [-0.39, 0.29) is 0 Å². The van der Waals surface area contributed by atoms with Crippen molar-refractivity contribution < 1.29 is 9.59 Å². The fourth-order valence-corrected chi connectivity index (χ4v) is 2.33.